The number of hydrogen-bond donors (Lipinski definition) is 1. The molecule has 4 nitrogen and oxygen atoms in total. The van der Waals surface area contributed by atoms with Crippen molar-refractivity contribution in [2.45, 2.75) is 36.3 Å². The Kier molecular flexibility index (Phi) is 2.95. The van der Waals surface area contributed by atoms with Gasteiger partial charge in [0.2, 0.25) is 0 Å². The first kappa shape index (κ1) is 12.1. The lowest BCUT2D eigenvalue weighted by Gasteiger charge is -2.06. The van der Waals surface area contributed by atoms with Gasteiger partial charge in [-0.05, 0) is 37.0 Å². The van der Waals surface area contributed by atoms with Crippen LogP contribution in [0.3, 0.4) is 0 Å². The predicted molar refractivity (Wildman–Crippen MR) is 62.7 cm³/mol. The summed E-state index contributed by atoms with van der Waals surface area (Å²) in [6.45, 7) is 1.88. The van der Waals surface area contributed by atoms with Gasteiger partial charge in [0.15, 0.2) is 9.84 Å². The molecule has 1 N–H and O–H groups in total. The molecular formula is C12H14O4S. The summed E-state index contributed by atoms with van der Waals surface area (Å²) in [5, 5.41) is 8.05. The Bertz CT molecular complexity index is 560. The number of carboxylic acid groups (broad SMARTS) is 1. The van der Waals surface area contributed by atoms with Gasteiger partial charge in [-0.25, -0.2) is 8.42 Å². The molecule has 0 saturated heterocycles. The van der Waals surface area contributed by atoms with Gasteiger partial charge in [0.25, 0.3) is 0 Å². The minimum atomic E-state index is -3.33. The molecule has 0 bridgehead atoms. The van der Waals surface area contributed by atoms with E-state index in [0.717, 1.165) is 11.1 Å². The van der Waals surface area contributed by atoms with Gasteiger partial charge in [0.05, 0.1) is 10.1 Å². The second kappa shape index (κ2) is 4.14. The maximum Gasteiger partial charge on any atom is 0.303 e. The first-order valence-corrected chi connectivity index (χ1v) is 7.01. The number of benzene rings is 1. The van der Waals surface area contributed by atoms with Crippen molar-refractivity contribution in [3.8, 4) is 0 Å². The van der Waals surface area contributed by atoms with Gasteiger partial charge in [-0.3, -0.25) is 4.79 Å². The molecule has 0 aliphatic carbocycles. The van der Waals surface area contributed by atoms with Gasteiger partial charge in [0, 0.05) is 6.42 Å². The second-order valence-electron chi connectivity index (χ2n) is 4.36. The number of rotatable bonds is 3. The van der Waals surface area contributed by atoms with Gasteiger partial charge < -0.3 is 5.11 Å². The lowest BCUT2D eigenvalue weighted by atomic mass is 10.0. The van der Waals surface area contributed by atoms with Crippen LogP contribution in [0.2, 0.25) is 0 Å². The van der Waals surface area contributed by atoms with Crippen molar-refractivity contribution >= 4 is 15.8 Å². The monoisotopic (exact) mass is 254 g/mol. The molecule has 0 aromatic heterocycles. The third kappa shape index (κ3) is 2.07. The van der Waals surface area contributed by atoms with Crippen molar-refractivity contribution in [3.05, 3.63) is 29.3 Å². The van der Waals surface area contributed by atoms with Gasteiger partial charge in [0.1, 0.15) is 0 Å². The van der Waals surface area contributed by atoms with E-state index in [-0.39, 0.29) is 12.8 Å². The zero-order chi connectivity index (χ0) is 12.6. The van der Waals surface area contributed by atoms with E-state index in [1.807, 2.05) is 13.0 Å². The zero-order valence-corrected chi connectivity index (χ0v) is 10.3. The van der Waals surface area contributed by atoms with Crippen molar-refractivity contribution in [2.24, 2.45) is 0 Å². The van der Waals surface area contributed by atoms with E-state index in [9.17, 15) is 13.2 Å². The Hall–Kier alpha value is -1.36. The Morgan fingerprint density at radius 2 is 2.18 bits per heavy atom. The van der Waals surface area contributed by atoms with Crippen LogP contribution in [0, 0.1) is 6.92 Å². The van der Waals surface area contributed by atoms with Crippen LogP contribution < -0.4 is 0 Å². The topological polar surface area (TPSA) is 71.4 Å². The smallest absolute Gasteiger partial charge is 0.303 e. The van der Waals surface area contributed by atoms with Crippen molar-refractivity contribution in [2.75, 3.05) is 0 Å². The number of sulfone groups is 1. The average Bonchev–Trinajstić information content (AvgIpc) is 2.50. The molecule has 1 aliphatic rings. The van der Waals surface area contributed by atoms with E-state index in [0.29, 0.717) is 11.3 Å². The lowest BCUT2D eigenvalue weighted by Crippen LogP contribution is -2.18. The first-order chi connectivity index (χ1) is 7.93. The lowest BCUT2D eigenvalue weighted by molar-refractivity contribution is -0.137. The normalized spacial score (nSPS) is 21.1. The zero-order valence-electron chi connectivity index (χ0n) is 9.51. The van der Waals surface area contributed by atoms with Crippen molar-refractivity contribution < 1.29 is 18.3 Å². The molecule has 92 valence electrons. The van der Waals surface area contributed by atoms with Crippen molar-refractivity contribution in [1.29, 1.82) is 0 Å². The molecular weight excluding hydrogens is 240 g/mol. The molecule has 1 heterocycles. The van der Waals surface area contributed by atoms with Crippen LogP contribution in [0.4, 0.5) is 0 Å². The van der Waals surface area contributed by atoms with E-state index < -0.39 is 21.1 Å². The van der Waals surface area contributed by atoms with Gasteiger partial charge in [-0.1, -0.05) is 12.1 Å². The fourth-order valence-corrected chi connectivity index (χ4v) is 4.29. The third-order valence-corrected chi connectivity index (χ3v) is 5.50. The highest BCUT2D eigenvalue weighted by atomic mass is 32.2. The molecule has 0 fully saturated rings. The molecule has 1 atom stereocenters. The van der Waals surface area contributed by atoms with E-state index in [2.05, 4.69) is 0 Å². The predicted octanol–water partition coefficient (Wildman–Crippen LogP) is 1.56. The summed E-state index contributed by atoms with van der Waals surface area (Å²) in [7, 11) is -3.33. The van der Waals surface area contributed by atoms with E-state index in [4.69, 9.17) is 5.11 Å². The van der Waals surface area contributed by atoms with Gasteiger partial charge >= 0.3 is 5.97 Å². The highest BCUT2D eigenvalue weighted by Crippen LogP contribution is 2.35. The van der Waals surface area contributed by atoms with Crippen LogP contribution >= 0.6 is 0 Å². The molecule has 17 heavy (non-hydrogen) atoms. The number of aliphatic carboxylic acids is 1. The molecule has 1 aromatic carbocycles. The van der Waals surface area contributed by atoms with E-state index >= 15 is 0 Å². The van der Waals surface area contributed by atoms with Crippen LogP contribution in [0.15, 0.2) is 23.1 Å². The SMILES string of the molecule is Cc1cccc2c1CC(CCC(=O)O)S2(=O)=O. The largest absolute Gasteiger partial charge is 0.481 e. The molecule has 1 unspecified atom stereocenters. The Labute approximate surface area is 100 Å². The van der Waals surface area contributed by atoms with Crippen LogP contribution in [-0.4, -0.2) is 24.7 Å². The summed E-state index contributed by atoms with van der Waals surface area (Å²) in [5.74, 6) is -0.951. The highest BCUT2D eigenvalue weighted by molar-refractivity contribution is 7.92. The fourth-order valence-electron chi connectivity index (χ4n) is 2.26. The highest BCUT2D eigenvalue weighted by Gasteiger charge is 2.37. The fraction of sp³-hybridized carbons (Fsp3) is 0.417. The van der Waals surface area contributed by atoms with Gasteiger partial charge in [-0.15, -0.1) is 0 Å². The van der Waals surface area contributed by atoms with Crippen molar-refractivity contribution in [3.63, 3.8) is 0 Å². The molecule has 0 spiro atoms. The van der Waals surface area contributed by atoms with E-state index in [1.54, 1.807) is 12.1 Å². The summed E-state index contributed by atoms with van der Waals surface area (Å²) in [6, 6.07) is 5.22. The third-order valence-electron chi connectivity index (χ3n) is 3.22. The maximum absolute atomic E-state index is 12.2. The minimum Gasteiger partial charge on any atom is -0.481 e. The molecule has 5 heteroatoms. The summed E-state index contributed by atoms with van der Waals surface area (Å²) in [4.78, 5) is 10.9. The quantitative estimate of drug-likeness (QED) is 0.888. The summed E-state index contributed by atoms with van der Waals surface area (Å²) in [5.41, 5.74) is 1.81. The van der Waals surface area contributed by atoms with Crippen LogP contribution in [-0.2, 0) is 21.1 Å². The minimum absolute atomic E-state index is 0.100. The van der Waals surface area contributed by atoms with Crippen LogP contribution in [0.5, 0.6) is 0 Å². The molecule has 1 aromatic rings. The number of carbonyl (C=O) groups is 1. The summed E-state index contributed by atoms with van der Waals surface area (Å²) in [6.07, 6.45) is 0.528. The Morgan fingerprint density at radius 1 is 1.47 bits per heavy atom. The standard InChI is InChI=1S/C12H14O4S/c1-8-3-2-4-11-10(8)7-9(17(11,15)16)5-6-12(13)14/h2-4,9H,5-7H2,1H3,(H,13,14). The first-order valence-electron chi connectivity index (χ1n) is 5.47. The Balaban J connectivity index is 2.34. The summed E-state index contributed by atoms with van der Waals surface area (Å²) >= 11 is 0. The van der Waals surface area contributed by atoms with Crippen LogP contribution in [0.1, 0.15) is 24.0 Å². The van der Waals surface area contributed by atoms with Gasteiger partial charge in [-0.2, -0.15) is 0 Å². The second-order valence-corrected chi connectivity index (χ2v) is 6.55. The number of carboxylic acids is 1. The number of aryl methyl sites for hydroxylation is 1. The average molecular weight is 254 g/mol. The molecule has 2 rings (SSSR count). The maximum atomic E-state index is 12.2. The van der Waals surface area contributed by atoms with Crippen molar-refractivity contribution in [1.82, 2.24) is 0 Å². The number of fused-ring (bicyclic) bond motifs is 1. The van der Waals surface area contributed by atoms with E-state index in [1.165, 1.54) is 0 Å². The van der Waals surface area contributed by atoms with Crippen LogP contribution in [0.25, 0.3) is 0 Å². The molecule has 1 aliphatic heterocycles. The molecule has 0 radical (unpaired) electrons. The molecule has 0 amide bonds. The Morgan fingerprint density at radius 3 is 2.76 bits per heavy atom. The summed E-state index contributed by atoms with van der Waals surface area (Å²) < 4.78 is 24.3. The number of hydrogen-bond acceptors (Lipinski definition) is 3. The molecule has 0 saturated carbocycles.